The van der Waals surface area contributed by atoms with Crippen LogP contribution in [-0.2, 0) is 33.7 Å². The third kappa shape index (κ3) is 7.72. The van der Waals surface area contributed by atoms with Crippen molar-refractivity contribution in [1.82, 2.24) is 20.1 Å². The van der Waals surface area contributed by atoms with Crippen molar-refractivity contribution in [3.05, 3.63) is 86.5 Å². The molecule has 0 saturated carbocycles. The van der Waals surface area contributed by atoms with E-state index in [0.29, 0.717) is 33.0 Å². The van der Waals surface area contributed by atoms with Crippen molar-refractivity contribution in [1.29, 1.82) is 0 Å². The van der Waals surface area contributed by atoms with Gasteiger partial charge < -0.3 is 20.1 Å². The minimum absolute atomic E-state index is 0.0221. The molecule has 0 bridgehead atoms. The van der Waals surface area contributed by atoms with Crippen LogP contribution in [0.2, 0.25) is 0 Å². The highest BCUT2D eigenvalue weighted by Gasteiger charge is 2.29. The Morgan fingerprint density at radius 3 is 2.54 bits per heavy atom. The van der Waals surface area contributed by atoms with Gasteiger partial charge in [-0.15, -0.1) is 21.5 Å². The number of anilines is 1. The minimum Gasteiger partial charge on any atom is -0.484 e. The van der Waals surface area contributed by atoms with Crippen molar-refractivity contribution >= 4 is 51.6 Å². The van der Waals surface area contributed by atoms with Crippen LogP contribution < -0.4 is 15.4 Å². The Morgan fingerprint density at radius 1 is 1.09 bits per heavy atom. The molecule has 15 heteroatoms. The van der Waals surface area contributed by atoms with Gasteiger partial charge in [-0.1, -0.05) is 30.0 Å². The monoisotopic (exact) mass is 664 g/mol. The zero-order valence-electron chi connectivity index (χ0n) is 25.2. The second-order valence-electron chi connectivity index (χ2n) is 10.3. The Labute approximate surface area is 272 Å². The fraction of sp³-hybridized carbons (Fsp3) is 0.323. The molecule has 2 aromatic carbocycles. The van der Waals surface area contributed by atoms with Crippen LogP contribution in [0.25, 0.3) is 5.69 Å². The van der Waals surface area contributed by atoms with Crippen LogP contribution in [0.15, 0.2) is 59.8 Å². The average Bonchev–Trinajstić information content (AvgIpc) is 3.63. The van der Waals surface area contributed by atoms with E-state index >= 15 is 0 Å². The number of thioether (sulfide) groups is 1. The molecule has 1 atom stereocenters. The van der Waals surface area contributed by atoms with Crippen molar-refractivity contribution in [3.8, 4) is 11.4 Å². The Kier molecular flexibility index (Phi) is 10.6. The highest BCUT2D eigenvalue weighted by molar-refractivity contribution is 8.00. The number of thiophene rings is 1. The van der Waals surface area contributed by atoms with Crippen molar-refractivity contribution in [2.45, 2.75) is 56.5 Å². The molecule has 2 heterocycles. The van der Waals surface area contributed by atoms with Gasteiger partial charge >= 0.3 is 5.97 Å². The Morgan fingerprint density at radius 2 is 1.83 bits per heavy atom. The van der Waals surface area contributed by atoms with Crippen LogP contribution in [0.5, 0.6) is 5.75 Å². The van der Waals surface area contributed by atoms with E-state index in [9.17, 15) is 24.5 Å². The Bertz CT molecular complexity index is 1720. The summed E-state index contributed by atoms with van der Waals surface area (Å²) in [5.74, 6) is -0.293. The molecule has 4 aromatic rings. The number of ether oxygens (including phenoxy) is 2. The number of aromatic nitrogens is 3. The number of esters is 1. The molecule has 5 rings (SSSR count). The average molecular weight is 665 g/mol. The molecule has 46 heavy (non-hydrogen) atoms. The molecule has 2 aromatic heterocycles. The second kappa shape index (κ2) is 15.0. The number of rotatable bonds is 13. The number of aryl methyl sites for hydroxylation is 1. The molecule has 13 nitrogen and oxygen atoms in total. The van der Waals surface area contributed by atoms with Gasteiger partial charge in [0.2, 0.25) is 5.91 Å². The molecule has 0 aliphatic heterocycles. The summed E-state index contributed by atoms with van der Waals surface area (Å²) in [7, 11) is 0. The van der Waals surface area contributed by atoms with E-state index in [0.717, 1.165) is 47.9 Å². The zero-order valence-corrected chi connectivity index (χ0v) is 26.8. The van der Waals surface area contributed by atoms with Gasteiger partial charge in [0, 0.05) is 22.7 Å². The predicted molar refractivity (Wildman–Crippen MR) is 173 cm³/mol. The first-order chi connectivity index (χ1) is 22.2. The molecule has 0 spiro atoms. The maximum Gasteiger partial charge on any atom is 0.341 e. The van der Waals surface area contributed by atoms with E-state index in [1.54, 1.807) is 54.8 Å². The van der Waals surface area contributed by atoms with E-state index < -0.39 is 16.1 Å². The number of nitrogens with one attached hydrogen (secondary N) is 2. The summed E-state index contributed by atoms with van der Waals surface area (Å²) in [6.45, 7) is 3.44. The molecule has 0 unspecified atom stereocenters. The number of non-ortho nitro benzene ring substituents is 1. The fourth-order valence-corrected chi connectivity index (χ4v) is 7.03. The lowest BCUT2D eigenvalue weighted by atomic mass is 9.95. The predicted octanol–water partition coefficient (Wildman–Crippen LogP) is 5.11. The molecule has 0 fully saturated rings. The number of carbonyl (C=O) groups excluding carboxylic acids is 3. The van der Waals surface area contributed by atoms with Gasteiger partial charge in [0.05, 0.1) is 28.9 Å². The number of hydrogen-bond acceptors (Lipinski definition) is 11. The number of nitro groups is 1. The van der Waals surface area contributed by atoms with Crippen LogP contribution in [0, 0.1) is 10.1 Å². The highest BCUT2D eigenvalue weighted by atomic mass is 32.2. The van der Waals surface area contributed by atoms with Gasteiger partial charge in [-0.25, -0.2) is 4.79 Å². The maximum absolute atomic E-state index is 13.5. The number of nitrogens with zero attached hydrogens (tertiary/aromatic N) is 4. The highest BCUT2D eigenvalue weighted by Crippen LogP contribution is 2.39. The summed E-state index contributed by atoms with van der Waals surface area (Å²) in [6, 6.07) is 14.7. The van der Waals surface area contributed by atoms with Crippen molar-refractivity contribution in [3.63, 3.8) is 0 Å². The number of amides is 2. The van der Waals surface area contributed by atoms with E-state index in [2.05, 4.69) is 20.8 Å². The third-order valence-corrected chi connectivity index (χ3v) is 9.36. The molecule has 240 valence electrons. The Balaban J connectivity index is 1.34. The first-order valence-corrected chi connectivity index (χ1v) is 16.4. The summed E-state index contributed by atoms with van der Waals surface area (Å²) in [5, 5.41) is 25.6. The third-order valence-electron chi connectivity index (χ3n) is 7.11. The number of fused-ring (bicyclic) bond motifs is 1. The van der Waals surface area contributed by atoms with E-state index in [4.69, 9.17) is 9.47 Å². The molecular weight excluding hydrogens is 633 g/mol. The maximum atomic E-state index is 13.5. The minimum atomic E-state index is -0.683. The summed E-state index contributed by atoms with van der Waals surface area (Å²) in [6.07, 6.45) is 3.60. The van der Waals surface area contributed by atoms with Crippen molar-refractivity contribution in [2.75, 3.05) is 18.5 Å². The second-order valence-corrected chi connectivity index (χ2v) is 12.7. The topological polar surface area (TPSA) is 168 Å². The molecule has 1 aliphatic carbocycles. The van der Waals surface area contributed by atoms with E-state index in [1.165, 1.54) is 23.5 Å². The van der Waals surface area contributed by atoms with Crippen LogP contribution in [0.1, 0.15) is 53.3 Å². The summed E-state index contributed by atoms with van der Waals surface area (Å²) in [4.78, 5) is 50.7. The standard InChI is InChI=1S/C31H32N6O7S2/c1-3-43-30(40)27-23-11-7-8-12-24(23)46-29(27)33-28(39)19(2)45-31-35-34-25(36(31)20-13-15-21(16-14-20)37(41)42)17-32-26(38)18-44-22-9-5-4-6-10-22/h4-6,9-10,13-16,19H,3,7-8,11-12,17-18H2,1-2H3,(H,32,38)(H,33,39)/t19-/m1/s1. The number of hydrogen-bond donors (Lipinski definition) is 2. The largest absolute Gasteiger partial charge is 0.484 e. The first kappa shape index (κ1) is 32.6. The quantitative estimate of drug-likeness (QED) is 0.0849. The van der Waals surface area contributed by atoms with E-state index in [-0.39, 0.29) is 37.3 Å². The lowest BCUT2D eigenvalue weighted by molar-refractivity contribution is -0.384. The van der Waals surface area contributed by atoms with E-state index in [1.807, 2.05) is 6.07 Å². The molecule has 0 radical (unpaired) electrons. The van der Waals surface area contributed by atoms with Gasteiger partial charge in [0.1, 0.15) is 10.8 Å². The molecular formula is C31H32N6O7S2. The SMILES string of the molecule is CCOC(=O)c1c(NC(=O)[C@@H](C)Sc2nnc(CNC(=O)COc3ccccc3)n2-c2ccc([N+](=O)[O-])cc2)sc2c1CCCC2. The number of para-hydroxylation sites is 1. The Hall–Kier alpha value is -4.76. The van der Waals surface area contributed by atoms with Gasteiger partial charge in [0.25, 0.3) is 11.6 Å². The van der Waals surface area contributed by atoms with Crippen LogP contribution in [0.3, 0.4) is 0 Å². The molecule has 1 aliphatic rings. The van der Waals surface area contributed by atoms with Crippen molar-refractivity contribution < 1.29 is 28.8 Å². The number of benzene rings is 2. The number of carbonyl (C=O) groups is 3. The lowest BCUT2D eigenvalue weighted by Gasteiger charge is -2.15. The lowest BCUT2D eigenvalue weighted by Crippen LogP contribution is -2.29. The fourth-order valence-electron chi connectivity index (χ4n) is 4.87. The number of nitro benzene ring substituents is 1. The normalized spacial score (nSPS) is 12.9. The van der Waals surface area contributed by atoms with Gasteiger partial charge in [-0.2, -0.15) is 0 Å². The van der Waals surface area contributed by atoms with Crippen LogP contribution in [0.4, 0.5) is 10.7 Å². The first-order valence-electron chi connectivity index (χ1n) is 14.7. The molecule has 2 N–H and O–H groups in total. The summed E-state index contributed by atoms with van der Waals surface area (Å²) in [5.41, 5.74) is 1.79. The van der Waals surface area contributed by atoms with Crippen LogP contribution in [-0.4, -0.2) is 55.9 Å². The van der Waals surface area contributed by atoms with Gasteiger partial charge in [0.15, 0.2) is 17.6 Å². The zero-order chi connectivity index (χ0) is 32.6. The molecule has 0 saturated heterocycles. The summed E-state index contributed by atoms with van der Waals surface area (Å²) >= 11 is 2.53. The summed E-state index contributed by atoms with van der Waals surface area (Å²) < 4.78 is 12.4. The van der Waals surface area contributed by atoms with Crippen LogP contribution >= 0.6 is 23.1 Å². The van der Waals surface area contributed by atoms with Gasteiger partial charge in [-0.3, -0.25) is 24.3 Å². The van der Waals surface area contributed by atoms with Gasteiger partial charge in [-0.05, 0) is 69.4 Å². The van der Waals surface area contributed by atoms with Crippen molar-refractivity contribution in [2.24, 2.45) is 0 Å². The smallest absolute Gasteiger partial charge is 0.341 e. The molecule has 2 amide bonds.